The molecule has 3 aromatic rings. The topological polar surface area (TPSA) is 88.1 Å². The lowest BCUT2D eigenvalue weighted by Gasteiger charge is -2.32. The first-order chi connectivity index (χ1) is 16.1. The van der Waals surface area contributed by atoms with Crippen molar-refractivity contribution in [3.63, 3.8) is 0 Å². The van der Waals surface area contributed by atoms with Crippen LogP contribution in [0.3, 0.4) is 0 Å². The summed E-state index contributed by atoms with van der Waals surface area (Å²) >= 11 is 0. The lowest BCUT2D eigenvalue weighted by molar-refractivity contribution is -0.132. The highest BCUT2D eigenvalue weighted by atomic mass is 16.2. The number of anilines is 1. The fourth-order valence-corrected chi connectivity index (χ4v) is 4.16. The van der Waals surface area contributed by atoms with Gasteiger partial charge in [-0.15, -0.1) is 0 Å². The first kappa shape index (κ1) is 22.6. The molecule has 1 aliphatic rings. The number of carbonyl (C=O) groups excluding carboxylic acids is 2. The van der Waals surface area contributed by atoms with Gasteiger partial charge in [0.1, 0.15) is 5.82 Å². The summed E-state index contributed by atoms with van der Waals surface area (Å²) in [4.78, 5) is 40.8. The highest BCUT2D eigenvalue weighted by molar-refractivity contribution is 6.04. The van der Waals surface area contributed by atoms with Crippen LogP contribution < -0.4 is 5.32 Å². The van der Waals surface area contributed by atoms with Gasteiger partial charge in [0.05, 0.1) is 11.3 Å². The standard InChI is InChI=1S/C26H29N5O2/c1-19-23(26(33)30-22-11-3-2-4-12-22)17-28-25(29-19)20-9-8-16-31(18-20)24(32)14-7-13-21-10-5-6-15-27-21/h2-6,10-12,15,17,20H,7-9,13-14,16,18H2,1H3,(H,30,33). The molecule has 0 aliphatic carbocycles. The molecule has 170 valence electrons. The Morgan fingerprint density at radius 1 is 1.09 bits per heavy atom. The Kier molecular flexibility index (Phi) is 7.40. The van der Waals surface area contributed by atoms with E-state index < -0.39 is 0 Å². The molecule has 4 rings (SSSR count). The Labute approximate surface area is 194 Å². The SMILES string of the molecule is Cc1nc(C2CCCN(C(=O)CCCc3ccccn3)C2)ncc1C(=O)Nc1ccccc1. The predicted octanol–water partition coefficient (Wildman–Crippen LogP) is 4.16. The molecule has 1 unspecified atom stereocenters. The van der Waals surface area contributed by atoms with Crippen LogP contribution in [0.4, 0.5) is 5.69 Å². The van der Waals surface area contributed by atoms with Gasteiger partial charge < -0.3 is 10.2 Å². The van der Waals surface area contributed by atoms with E-state index in [-0.39, 0.29) is 17.7 Å². The summed E-state index contributed by atoms with van der Waals surface area (Å²) in [5, 5.41) is 2.88. The van der Waals surface area contributed by atoms with E-state index in [1.165, 1.54) is 0 Å². The molecule has 1 fully saturated rings. The lowest BCUT2D eigenvalue weighted by atomic mass is 9.96. The van der Waals surface area contributed by atoms with Crippen LogP contribution in [0.25, 0.3) is 0 Å². The number of hydrogen-bond acceptors (Lipinski definition) is 5. The number of pyridine rings is 1. The Hall–Kier alpha value is -3.61. The lowest BCUT2D eigenvalue weighted by Crippen LogP contribution is -2.39. The second-order valence-electron chi connectivity index (χ2n) is 8.40. The summed E-state index contributed by atoms with van der Waals surface area (Å²) in [7, 11) is 0. The van der Waals surface area contributed by atoms with Crippen LogP contribution in [-0.4, -0.2) is 44.8 Å². The van der Waals surface area contributed by atoms with Crippen molar-refractivity contribution >= 4 is 17.5 Å². The van der Waals surface area contributed by atoms with E-state index in [1.54, 1.807) is 12.4 Å². The van der Waals surface area contributed by atoms with Gasteiger partial charge in [-0.2, -0.15) is 0 Å². The molecule has 2 amide bonds. The zero-order valence-electron chi connectivity index (χ0n) is 18.9. The molecule has 3 heterocycles. The number of para-hydroxylation sites is 1. The molecular formula is C26H29N5O2. The van der Waals surface area contributed by atoms with E-state index in [2.05, 4.69) is 20.3 Å². The van der Waals surface area contributed by atoms with Crippen LogP contribution in [0, 0.1) is 6.92 Å². The number of hydrogen-bond donors (Lipinski definition) is 1. The summed E-state index contributed by atoms with van der Waals surface area (Å²) in [5.41, 5.74) is 2.85. The minimum Gasteiger partial charge on any atom is -0.342 e. The summed E-state index contributed by atoms with van der Waals surface area (Å²) < 4.78 is 0. The van der Waals surface area contributed by atoms with Crippen molar-refractivity contribution in [3.05, 3.63) is 83.7 Å². The normalized spacial score (nSPS) is 15.8. The van der Waals surface area contributed by atoms with Crippen molar-refractivity contribution in [2.75, 3.05) is 18.4 Å². The molecule has 1 saturated heterocycles. The third-order valence-corrected chi connectivity index (χ3v) is 5.96. The molecule has 33 heavy (non-hydrogen) atoms. The van der Waals surface area contributed by atoms with E-state index in [1.807, 2.05) is 60.4 Å². The quantitative estimate of drug-likeness (QED) is 0.592. The largest absolute Gasteiger partial charge is 0.342 e. The van der Waals surface area contributed by atoms with Crippen LogP contribution in [0.5, 0.6) is 0 Å². The Morgan fingerprint density at radius 3 is 2.67 bits per heavy atom. The van der Waals surface area contributed by atoms with Gasteiger partial charge in [-0.25, -0.2) is 9.97 Å². The number of carbonyl (C=O) groups is 2. The molecule has 1 aliphatic heterocycles. The van der Waals surface area contributed by atoms with Gasteiger partial charge in [0.25, 0.3) is 5.91 Å². The number of benzene rings is 1. The van der Waals surface area contributed by atoms with Crippen LogP contribution in [0.2, 0.25) is 0 Å². The zero-order chi connectivity index (χ0) is 23.0. The third kappa shape index (κ3) is 6.00. The first-order valence-electron chi connectivity index (χ1n) is 11.5. The van der Waals surface area contributed by atoms with Gasteiger partial charge >= 0.3 is 0 Å². The van der Waals surface area contributed by atoms with Crippen LogP contribution >= 0.6 is 0 Å². The fraction of sp³-hybridized carbons (Fsp3) is 0.346. The molecule has 7 nitrogen and oxygen atoms in total. The maximum Gasteiger partial charge on any atom is 0.259 e. The molecule has 7 heteroatoms. The second-order valence-corrected chi connectivity index (χ2v) is 8.40. The van der Waals surface area contributed by atoms with E-state index in [9.17, 15) is 9.59 Å². The predicted molar refractivity (Wildman–Crippen MR) is 127 cm³/mol. The van der Waals surface area contributed by atoms with Crippen molar-refractivity contribution in [2.45, 2.75) is 44.9 Å². The van der Waals surface area contributed by atoms with Crippen molar-refractivity contribution in [3.8, 4) is 0 Å². The van der Waals surface area contributed by atoms with Gasteiger partial charge in [0, 0.05) is 49.2 Å². The highest BCUT2D eigenvalue weighted by Crippen LogP contribution is 2.26. The summed E-state index contributed by atoms with van der Waals surface area (Å²) in [5.74, 6) is 0.739. The average molecular weight is 444 g/mol. The third-order valence-electron chi connectivity index (χ3n) is 5.96. The Balaban J connectivity index is 1.34. The minimum absolute atomic E-state index is 0.0865. The Bertz CT molecular complexity index is 1090. The van der Waals surface area contributed by atoms with E-state index in [0.717, 1.165) is 43.6 Å². The van der Waals surface area contributed by atoms with Crippen molar-refractivity contribution < 1.29 is 9.59 Å². The van der Waals surface area contributed by atoms with Crippen LogP contribution in [0.15, 0.2) is 60.9 Å². The number of nitrogens with zero attached hydrogens (tertiary/aromatic N) is 4. The van der Waals surface area contributed by atoms with Crippen LogP contribution in [-0.2, 0) is 11.2 Å². The molecule has 0 radical (unpaired) electrons. The summed E-state index contributed by atoms with van der Waals surface area (Å²) in [6.45, 7) is 3.22. The molecule has 2 aromatic heterocycles. The number of aromatic nitrogens is 3. The molecule has 0 spiro atoms. The number of likely N-dealkylation sites (tertiary alicyclic amines) is 1. The van der Waals surface area contributed by atoms with Gasteiger partial charge in [-0.1, -0.05) is 24.3 Å². The maximum atomic E-state index is 12.8. The molecule has 1 N–H and O–H groups in total. The van der Waals surface area contributed by atoms with Gasteiger partial charge in [-0.3, -0.25) is 14.6 Å². The smallest absolute Gasteiger partial charge is 0.259 e. The highest BCUT2D eigenvalue weighted by Gasteiger charge is 2.27. The van der Waals surface area contributed by atoms with Gasteiger partial charge in [-0.05, 0) is 56.9 Å². The first-order valence-corrected chi connectivity index (χ1v) is 11.5. The molecule has 0 saturated carbocycles. The van der Waals surface area contributed by atoms with Crippen LogP contribution in [0.1, 0.15) is 59.2 Å². The van der Waals surface area contributed by atoms with Crippen molar-refractivity contribution in [2.24, 2.45) is 0 Å². The van der Waals surface area contributed by atoms with Gasteiger partial charge in [0.15, 0.2) is 0 Å². The number of amides is 2. The number of nitrogens with one attached hydrogen (secondary N) is 1. The minimum atomic E-state index is -0.224. The summed E-state index contributed by atoms with van der Waals surface area (Å²) in [6.07, 6.45) is 7.36. The monoisotopic (exact) mass is 443 g/mol. The fourth-order valence-electron chi connectivity index (χ4n) is 4.16. The molecular weight excluding hydrogens is 414 g/mol. The maximum absolute atomic E-state index is 12.8. The second kappa shape index (κ2) is 10.8. The molecule has 1 atom stereocenters. The van der Waals surface area contributed by atoms with E-state index >= 15 is 0 Å². The summed E-state index contributed by atoms with van der Waals surface area (Å²) in [6, 6.07) is 15.2. The number of piperidine rings is 1. The Morgan fingerprint density at radius 2 is 1.91 bits per heavy atom. The van der Waals surface area contributed by atoms with Gasteiger partial charge in [0.2, 0.25) is 5.91 Å². The molecule has 0 bridgehead atoms. The average Bonchev–Trinajstić information content (AvgIpc) is 2.85. The van der Waals surface area contributed by atoms with Crippen molar-refractivity contribution in [1.29, 1.82) is 0 Å². The molecule has 1 aromatic carbocycles. The zero-order valence-corrected chi connectivity index (χ0v) is 18.9. The number of rotatable bonds is 7. The van der Waals surface area contributed by atoms with E-state index in [4.69, 9.17) is 0 Å². The number of aryl methyl sites for hydroxylation is 2. The van der Waals surface area contributed by atoms with E-state index in [0.29, 0.717) is 30.0 Å². The van der Waals surface area contributed by atoms with Crippen molar-refractivity contribution in [1.82, 2.24) is 19.9 Å².